The Kier molecular flexibility index (Phi) is 3.86. The molecule has 0 aliphatic heterocycles. The highest BCUT2D eigenvalue weighted by atomic mass is 16.3. The summed E-state index contributed by atoms with van der Waals surface area (Å²) in [7, 11) is 0. The number of anilines is 1. The molecular weight excluding hydrogens is 202 g/mol. The van der Waals surface area contributed by atoms with Gasteiger partial charge < -0.3 is 10.0 Å². The fraction of sp³-hybridized carbons (Fsp3) is 0.500. The van der Waals surface area contributed by atoms with Crippen molar-refractivity contribution in [1.82, 2.24) is 4.98 Å². The van der Waals surface area contributed by atoms with Crippen LogP contribution in [0.4, 0.5) is 5.69 Å². The van der Waals surface area contributed by atoms with Crippen molar-refractivity contribution in [1.29, 1.82) is 5.26 Å². The van der Waals surface area contributed by atoms with Gasteiger partial charge in [-0.1, -0.05) is 0 Å². The maximum absolute atomic E-state index is 9.80. The third-order valence-corrected chi connectivity index (χ3v) is 2.22. The first kappa shape index (κ1) is 12.5. The first-order valence-corrected chi connectivity index (χ1v) is 5.29. The Morgan fingerprint density at radius 1 is 1.56 bits per heavy atom. The molecule has 0 amide bonds. The van der Waals surface area contributed by atoms with Crippen LogP contribution in [-0.4, -0.2) is 28.8 Å². The van der Waals surface area contributed by atoms with Gasteiger partial charge in [0.2, 0.25) is 0 Å². The summed E-state index contributed by atoms with van der Waals surface area (Å²) < 4.78 is 0. The summed E-state index contributed by atoms with van der Waals surface area (Å²) in [6.07, 6.45) is 3.26. The van der Waals surface area contributed by atoms with Crippen LogP contribution in [0.3, 0.4) is 0 Å². The molecule has 0 spiro atoms. The largest absolute Gasteiger partial charge is 0.389 e. The fourth-order valence-corrected chi connectivity index (χ4v) is 1.57. The molecule has 16 heavy (non-hydrogen) atoms. The molecule has 0 saturated heterocycles. The van der Waals surface area contributed by atoms with Crippen molar-refractivity contribution in [2.24, 2.45) is 0 Å². The van der Waals surface area contributed by atoms with Crippen molar-refractivity contribution in [2.75, 3.05) is 18.0 Å². The molecule has 0 radical (unpaired) electrons. The second kappa shape index (κ2) is 4.95. The van der Waals surface area contributed by atoms with E-state index >= 15 is 0 Å². The molecule has 0 bridgehead atoms. The predicted octanol–water partition coefficient (Wildman–Crippen LogP) is 1.55. The van der Waals surface area contributed by atoms with E-state index in [0.29, 0.717) is 12.1 Å². The zero-order chi connectivity index (χ0) is 12.2. The third kappa shape index (κ3) is 3.21. The molecule has 1 aromatic heterocycles. The highest BCUT2D eigenvalue weighted by Gasteiger charge is 2.19. The molecule has 1 heterocycles. The van der Waals surface area contributed by atoms with E-state index < -0.39 is 5.60 Å². The van der Waals surface area contributed by atoms with E-state index in [-0.39, 0.29) is 0 Å². The van der Waals surface area contributed by atoms with E-state index in [1.54, 1.807) is 32.3 Å². The van der Waals surface area contributed by atoms with Crippen molar-refractivity contribution in [3.8, 4) is 6.07 Å². The van der Waals surface area contributed by atoms with E-state index in [9.17, 15) is 5.11 Å². The number of nitriles is 1. The van der Waals surface area contributed by atoms with Crippen LogP contribution in [0, 0.1) is 11.3 Å². The lowest BCUT2D eigenvalue weighted by molar-refractivity contribution is 0.0876. The third-order valence-electron chi connectivity index (χ3n) is 2.22. The van der Waals surface area contributed by atoms with Crippen LogP contribution in [0.2, 0.25) is 0 Å². The summed E-state index contributed by atoms with van der Waals surface area (Å²) in [5.41, 5.74) is 0.564. The molecular formula is C12H17N3O. The molecule has 0 aliphatic rings. The SMILES string of the molecule is CCN(CC(C)(C)O)c1cnccc1C#N. The van der Waals surface area contributed by atoms with Crippen LogP contribution < -0.4 is 4.90 Å². The standard InChI is InChI=1S/C12H17N3O/c1-4-15(9-12(2,3)16)11-8-14-6-5-10(11)7-13/h5-6,8,16H,4,9H2,1-3H3. The second-order valence-electron chi connectivity index (χ2n) is 4.33. The normalized spacial score (nSPS) is 10.9. The van der Waals surface area contributed by atoms with Gasteiger partial charge in [-0.25, -0.2) is 0 Å². The number of aliphatic hydroxyl groups is 1. The van der Waals surface area contributed by atoms with Gasteiger partial charge >= 0.3 is 0 Å². The molecule has 0 unspecified atom stereocenters. The Morgan fingerprint density at radius 2 is 2.25 bits per heavy atom. The van der Waals surface area contributed by atoms with Gasteiger partial charge in [0.15, 0.2) is 0 Å². The highest BCUT2D eigenvalue weighted by Crippen LogP contribution is 2.20. The monoisotopic (exact) mass is 219 g/mol. The summed E-state index contributed by atoms with van der Waals surface area (Å²) in [6.45, 7) is 6.68. The number of rotatable bonds is 4. The maximum Gasteiger partial charge on any atom is 0.101 e. The molecule has 4 nitrogen and oxygen atoms in total. The maximum atomic E-state index is 9.80. The lowest BCUT2D eigenvalue weighted by atomic mass is 10.1. The molecule has 0 aromatic carbocycles. The van der Waals surface area contributed by atoms with Crippen molar-refractivity contribution < 1.29 is 5.11 Å². The highest BCUT2D eigenvalue weighted by molar-refractivity contribution is 5.57. The summed E-state index contributed by atoms with van der Waals surface area (Å²) in [6, 6.07) is 3.82. The van der Waals surface area contributed by atoms with Crippen molar-refractivity contribution in [3.63, 3.8) is 0 Å². The smallest absolute Gasteiger partial charge is 0.101 e. The molecule has 1 rings (SSSR count). The first-order valence-electron chi connectivity index (χ1n) is 5.29. The lowest BCUT2D eigenvalue weighted by Gasteiger charge is -2.30. The molecule has 1 N–H and O–H groups in total. The Hall–Kier alpha value is -1.60. The summed E-state index contributed by atoms with van der Waals surface area (Å²) >= 11 is 0. The molecule has 0 saturated carbocycles. The molecule has 4 heteroatoms. The van der Waals surface area contributed by atoms with Gasteiger partial charge in [-0.05, 0) is 26.8 Å². The topological polar surface area (TPSA) is 60.1 Å². The summed E-state index contributed by atoms with van der Waals surface area (Å²) in [5, 5.41) is 18.8. The van der Waals surface area contributed by atoms with Gasteiger partial charge in [0.25, 0.3) is 0 Å². The quantitative estimate of drug-likeness (QED) is 0.834. The van der Waals surface area contributed by atoms with Crippen molar-refractivity contribution >= 4 is 5.69 Å². The Bertz CT molecular complexity index is 390. The van der Waals surface area contributed by atoms with Crippen LogP contribution in [0.1, 0.15) is 26.3 Å². The summed E-state index contributed by atoms with van der Waals surface area (Å²) in [4.78, 5) is 5.97. The summed E-state index contributed by atoms with van der Waals surface area (Å²) in [5.74, 6) is 0. The molecule has 0 fully saturated rings. The van der Waals surface area contributed by atoms with Gasteiger partial charge in [-0.2, -0.15) is 5.26 Å². The molecule has 0 aliphatic carbocycles. The zero-order valence-electron chi connectivity index (χ0n) is 9.94. The van der Waals surface area contributed by atoms with Gasteiger partial charge in [0, 0.05) is 19.3 Å². The van der Waals surface area contributed by atoms with Gasteiger partial charge in [0.1, 0.15) is 6.07 Å². The lowest BCUT2D eigenvalue weighted by Crippen LogP contribution is -2.39. The van der Waals surface area contributed by atoms with E-state index in [0.717, 1.165) is 12.2 Å². The fourth-order valence-electron chi connectivity index (χ4n) is 1.57. The number of hydrogen-bond acceptors (Lipinski definition) is 4. The van der Waals surface area contributed by atoms with Crippen LogP contribution in [0.5, 0.6) is 0 Å². The predicted molar refractivity (Wildman–Crippen MR) is 63.1 cm³/mol. The van der Waals surface area contributed by atoms with E-state index in [1.807, 2.05) is 11.8 Å². The molecule has 0 atom stereocenters. The second-order valence-corrected chi connectivity index (χ2v) is 4.33. The number of nitrogens with zero attached hydrogens (tertiary/aromatic N) is 3. The minimum absolute atomic E-state index is 0.476. The minimum Gasteiger partial charge on any atom is -0.389 e. The van der Waals surface area contributed by atoms with Crippen LogP contribution in [-0.2, 0) is 0 Å². The van der Waals surface area contributed by atoms with E-state index in [4.69, 9.17) is 5.26 Å². The number of pyridine rings is 1. The molecule has 1 aromatic rings. The molecule has 86 valence electrons. The first-order chi connectivity index (χ1) is 7.48. The van der Waals surface area contributed by atoms with Crippen LogP contribution in [0.15, 0.2) is 18.5 Å². The zero-order valence-corrected chi connectivity index (χ0v) is 9.94. The van der Waals surface area contributed by atoms with Gasteiger partial charge in [0.05, 0.1) is 23.0 Å². The number of likely N-dealkylation sites (N-methyl/N-ethyl adjacent to an activating group) is 1. The average molecular weight is 219 g/mol. The Labute approximate surface area is 96.2 Å². The average Bonchev–Trinajstić information content (AvgIpc) is 2.24. The van der Waals surface area contributed by atoms with Crippen LogP contribution in [0.25, 0.3) is 0 Å². The van der Waals surface area contributed by atoms with Crippen molar-refractivity contribution in [2.45, 2.75) is 26.4 Å². The van der Waals surface area contributed by atoms with Crippen LogP contribution >= 0.6 is 0 Å². The Morgan fingerprint density at radius 3 is 2.75 bits per heavy atom. The van der Waals surface area contributed by atoms with Crippen molar-refractivity contribution in [3.05, 3.63) is 24.0 Å². The van der Waals surface area contributed by atoms with E-state index in [2.05, 4.69) is 11.1 Å². The Balaban J connectivity index is 3.00. The minimum atomic E-state index is -0.793. The number of aromatic nitrogens is 1. The van der Waals surface area contributed by atoms with Gasteiger partial charge in [-0.3, -0.25) is 4.98 Å². The van der Waals surface area contributed by atoms with E-state index in [1.165, 1.54) is 0 Å². The van der Waals surface area contributed by atoms with Gasteiger partial charge in [-0.15, -0.1) is 0 Å². The number of hydrogen-bond donors (Lipinski definition) is 1.